The van der Waals surface area contributed by atoms with Crippen LogP contribution < -0.4 is 5.73 Å². The van der Waals surface area contributed by atoms with Crippen LogP contribution >= 0.6 is 0 Å². The van der Waals surface area contributed by atoms with Crippen LogP contribution in [-0.4, -0.2) is 5.54 Å². The molecule has 0 saturated heterocycles. The van der Waals surface area contributed by atoms with Crippen LogP contribution in [0, 0.1) is 0 Å². The third-order valence-electron chi connectivity index (χ3n) is 1.87. The molecule has 0 aromatic carbocycles. The molecule has 0 aromatic heterocycles. The Labute approximate surface area is 69.3 Å². The maximum absolute atomic E-state index is 6.02. The first-order chi connectivity index (χ1) is 5.06. The summed E-state index contributed by atoms with van der Waals surface area (Å²) in [7, 11) is 0. The van der Waals surface area contributed by atoms with Crippen molar-refractivity contribution in [3.05, 3.63) is 37.5 Å². The molecule has 0 amide bonds. The molecule has 1 heteroatoms. The fourth-order valence-electron chi connectivity index (χ4n) is 0.947. The fraction of sp³-hybridized carbons (Fsp3) is 0.400. The molecule has 0 aliphatic rings. The van der Waals surface area contributed by atoms with E-state index in [0.717, 1.165) is 18.4 Å². The van der Waals surface area contributed by atoms with Crippen molar-refractivity contribution >= 4 is 0 Å². The van der Waals surface area contributed by atoms with E-state index >= 15 is 0 Å². The molecule has 11 heavy (non-hydrogen) atoms. The van der Waals surface area contributed by atoms with Crippen LogP contribution in [0.4, 0.5) is 0 Å². The average molecular weight is 151 g/mol. The lowest BCUT2D eigenvalue weighted by Crippen LogP contribution is -2.39. The second kappa shape index (κ2) is 4.14. The summed E-state index contributed by atoms with van der Waals surface area (Å²) in [6.45, 7) is 13.1. The van der Waals surface area contributed by atoms with Crippen LogP contribution in [0.1, 0.15) is 19.8 Å². The van der Waals surface area contributed by atoms with Crippen molar-refractivity contribution in [2.24, 2.45) is 5.73 Å². The van der Waals surface area contributed by atoms with Gasteiger partial charge in [0.1, 0.15) is 0 Å². The third-order valence-corrected chi connectivity index (χ3v) is 1.87. The summed E-state index contributed by atoms with van der Waals surface area (Å²) in [4.78, 5) is 0. The highest BCUT2D eigenvalue weighted by Gasteiger charge is 2.21. The maximum Gasteiger partial charge on any atom is 0.0433 e. The number of hydrogen-bond acceptors (Lipinski definition) is 1. The summed E-state index contributed by atoms with van der Waals surface area (Å²) in [5.74, 6) is 0. The number of rotatable bonds is 5. The Bertz CT molecular complexity index is 158. The summed E-state index contributed by atoms with van der Waals surface area (Å²) >= 11 is 0. The van der Waals surface area contributed by atoms with Crippen molar-refractivity contribution in [2.45, 2.75) is 25.3 Å². The summed E-state index contributed by atoms with van der Waals surface area (Å²) < 4.78 is 0. The van der Waals surface area contributed by atoms with Gasteiger partial charge in [-0.25, -0.2) is 0 Å². The highest BCUT2D eigenvalue weighted by Crippen LogP contribution is 2.20. The molecule has 0 heterocycles. The van der Waals surface area contributed by atoms with E-state index in [1.165, 1.54) is 0 Å². The second-order valence-corrected chi connectivity index (χ2v) is 2.92. The Hall–Kier alpha value is -0.820. The van der Waals surface area contributed by atoms with Crippen molar-refractivity contribution in [1.82, 2.24) is 0 Å². The monoisotopic (exact) mass is 151 g/mol. The molecule has 0 aliphatic heterocycles. The SMILES string of the molecule is C=CCC(N)(CC=C)C(=C)C. The number of hydrogen-bond donors (Lipinski definition) is 1. The molecule has 0 atom stereocenters. The van der Waals surface area contributed by atoms with Gasteiger partial charge in [0.15, 0.2) is 0 Å². The van der Waals surface area contributed by atoms with E-state index in [2.05, 4.69) is 19.7 Å². The first-order valence-electron chi connectivity index (χ1n) is 3.73. The van der Waals surface area contributed by atoms with Crippen LogP contribution in [0.5, 0.6) is 0 Å². The predicted octanol–water partition coefficient (Wildman–Crippen LogP) is 2.41. The van der Waals surface area contributed by atoms with E-state index in [1.807, 2.05) is 19.1 Å². The van der Waals surface area contributed by atoms with Crippen LogP contribution in [0.3, 0.4) is 0 Å². The van der Waals surface area contributed by atoms with Gasteiger partial charge in [-0.15, -0.1) is 13.2 Å². The van der Waals surface area contributed by atoms with Gasteiger partial charge in [0, 0.05) is 5.54 Å². The van der Waals surface area contributed by atoms with Crippen LogP contribution in [-0.2, 0) is 0 Å². The van der Waals surface area contributed by atoms with Gasteiger partial charge in [-0.2, -0.15) is 0 Å². The summed E-state index contributed by atoms with van der Waals surface area (Å²) in [5.41, 5.74) is 6.67. The Morgan fingerprint density at radius 3 is 1.91 bits per heavy atom. The summed E-state index contributed by atoms with van der Waals surface area (Å²) in [6, 6.07) is 0. The zero-order chi connectivity index (χ0) is 8.91. The smallest absolute Gasteiger partial charge is 0.0433 e. The molecule has 1 nitrogen and oxygen atoms in total. The molecule has 62 valence electrons. The number of nitrogens with two attached hydrogens (primary N) is 1. The van der Waals surface area contributed by atoms with Crippen molar-refractivity contribution in [2.75, 3.05) is 0 Å². The minimum atomic E-state index is -0.330. The lowest BCUT2D eigenvalue weighted by molar-refractivity contribution is 0.512. The highest BCUT2D eigenvalue weighted by molar-refractivity contribution is 5.16. The Morgan fingerprint density at radius 1 is 1.36 bits per heavy atom. The van der Waals surface area contributed by atoms with Gasteiger partial charge in [0.05, 0.1) is 0 Å². The lowest BCUT2D eigenvalue weighted by atomic mass is 9.86. The average Bonchev–Trinajstić information content (AvgIpc) is 1.88. The van der Waals surface area contributed by atoms with E-state index in [-0.39, 0.29) is 5.54 Å². The predicted molar refractivity (Wildman–Crippen MR) is 51.4 cm³/mol. The lowest BCUT2D eigenvalue weighted by Gasteiger charge is -2.27. The third kappa shape index (κ3) is 2.72. The fourth-order valence-corrected chi connectivity index (χ4v) is 0.947. The standard InChI is InChI=1S/C10H17N/c1-5-7-10(11,8-6-2)9(3)4/h5-6H,1-3,7-8,11H2,4H3. The molecule has 0 aliphatic carbocycles. The van der Waals surface area contributed by atoms with E-state index in [9.17, 15) is 0 Å². The molecular formula is C10H17N. The van der Waals surface area contributed by atoms with Gasteiger partial charge in [0.2, 0.25) is 0 Å². The summed E-state index contributed by atoms with van der Waals surface area (Å²) in [5, 5.41) is 0. The van der Waals surface area contributed by atoms with Gasteiger partial charge < -0.3 is 5.73 Å². The largest absolute Gasteiger partial charge is 0.321 e. The van der Waals surface area contributed by atoms with Crippen LogP contribution in [0.2, 0.25) is 0 Å². The van der Waals surface area contributed by atoms with Gasteiger partial charge in [-0.05, 0) is 19.8 Å². The molecule has 0 bridgehead atoms. The summed E-state index contributed by atoms with van der Waals surface area (Å²) in [6.07, 6.45) is 5.15. The minimum absolute atomic E-state index is 0.330. The molecule has 0 fully saturated rings. The molecule has 0 spiro atoms. The van der Waals surface area contributed by atoms with E-state index in [1.54, 1.807) is 0 Å². The molecule has 0 unspecified atom stereocenters. The van der Waals surface area contributed by atoms with Gasteiger partial charge in [-0.3, -0.25) is 0 Å². The van der Waals surface area contributed by atoms with E-state index in [0.29, 0.717) is 0 Å². The molecule has 0 radical (unpaired) electrons. The van der Waals surface area contributed by atoms with E-state index in [4.69, 9.17) is 5.73 Å². The van der Waals surface area contributed by atoms with Crippen LogP contribution in [0.25, 0.3) is 0 Å². The maximum atomic E-state index is 6.02. The zero-order valence-electron chi connectivity index (χ0n) is 7.27. The quantitative estimate of drug-likeness (QED) is 0.600. The van der Waals surface area contributed by atoms with Crippen LogP contribution in [0.15, 0.2) is 37.5 Å². The first-order valence-corrected chi connectivity index (χ1v) is 3.73. The first kappa shape index (κ1) is 10.2. The Morgan fingerprint density at radius 2 is 1.73 bits per heavy atom. The second-order valence-electron chi connectivity index (χ2n) is 2.92. The zero-order valence-corrected chi connectivity index (χ0v) is 7.27. The Kier molecular flexibility index (Phi) is 3.83. The topological polar surface area (TPSA) is 26.0 Å². The van der Waals surface area contributed by atoms with Gasteiger partial charge >= 0.3 is 0 Å². The van der Waals surface area contributed by atoms with E-state index < -0.39 is 0 Å². The molecule has 0 rings (SSSR count). The van der Waals surface area contributed by atoms with Crippen molar-refractivity contribution in [3.63, 3.8) is 0 Å². The molecule has 2 N–H and O–H groups in total. The molecule has 0 saturated carbocycles. The molecule has 0 aromatic rings. The van der Waals surface area contributed by atoms with Crippen molar-refractivity contribution in [3.8, 4) is 0 Å². The Balaban J connectivity index is 4.35. The minimum Gasteiger partial charge on any atom is -0.321 e. The van der Waals surface area contributed by atoms with Crippen molar-refractivity contribution < 1.29 is 0 Å². The van der Waals surface area contributed by atoms with Gasteiger partial charge in [-0.1, -0.05) is 24.3 Å². The normalized spacial score (nSPS) is 10.7. The molecular weight excluding hydrogens is 134 g/mol. The van der Waals surface area contributed by atoms with Gasteiger partial charge in [0.25, 0.3) is 0 Å². The van der Waals surface area contributed by atoms with Crippen molar-refractivity contribution in [1.29, 1.82) is 0 Å². The highest BCUT2D eigenvalue weighted by atomic mass is 14.7.